The summed E-state index contributed by atoms with van der Waals surface area (Å²) in [6, 6.07) is 0.0196. The summed E-state index contributed by atoms with van der Waals surface area (Å²) >= 11 is 0. The summed E-state index contributed by atoms with van der Waals surface area (Å²) in [5, 5.41) is 8.03. The lowest BCUT2D eigenvalue weighted by Crippen LogP contribution is -2.15. The number of hydrogen-bond donors (Lipinski definition) is 1. The molecule has 0 saturated carbocycles. The molecule has 2 N–H and O–H groups in total. The van der Waals surface area contributed by atoms with Crippen molar-refractivity contribution in [3.63, 3.8) is 0 Å². The number of aryl methyl sites for hydroxylation is 1. The third kappa shape index (κ3) is 1.48. The number of nitrogens with two attached hydrogens (primary N) is 1. The molecule has 1 heterocycles. The molecule has 0 bridgehead atoms. The molecule has 0 aromatic carbocycles. The lowest BCUT2D eigenvalue weighted by molar-refractivity contribution is 0.582. The summed E-state index contributed by atoms with van der Waals surface area (Å²) in [6.45, 7) is 6.96. The van der Waals surface area contributed by atoms with Crippen LogP contribution in [0.5, 0.6) is 0 Å². The van der Waals surface area contributed by atoms with Crippen LogP contribution in [0.25, 0.3) is 0 Å². The van der Waals surface area contributed by atoms with E-state index in [9.17, 15) is 0 Å². The Labute approximate surface area is 72.8 Å². The standard InChI is InChI=1S/C8H16N4/c1-4-7(9)8-11-10-6(3)12(8)5-2/h7H,4-5,9H2,1-3H3. The van der Waals surface area contributed by atoms with E-state index in [4.69, 9.17) is 5.73 Å². The molecule has 0 spiro atoms. The highest BCUT2D eigenvalue weighted by atomic mass is 15.3. The van der Waals surface area contributed by atoms with E-state index in [2.05, 4.69) is 24.0 Å². The first-order chi connectivity index (χ1) is 5.70. The summed E-state index contributed by atoms with van der Waals surface area (Å²) < 4.78 is 2.05. The van der Waals surface area contributed by atoms with Gasteiger partial charge in [0.25, 0.3) is 0 Å². The average Bonchev–Trinajstić information content (AvgIpc) is 2.45. The van der Waals surface area contributed by atoms with Crippen LogP contribution in [0.15, 0.2) is 0 Å². The van der Waals surface area contributed by atoms with Crippen molar-refractivity contribution in [2.75, 3.05) is 0 Å². The van der Waals surface area contributed by atoms with Gasteiger partial charge in [-0.25, -0.2) is 0 Å². The van der Waals surface area contributed by atoms with Gasteiger partial charge in [-0.3, -0.25) is 0 Å². The van der Waals surface area contributed by atoms with Gasteiger partial charge in [0.15, 0.2) is 0 Å². The van der Waals surface area contributed by atoms with Crippen molar-refractivity contribution >= 4 is 0 Å². The van der Waals surface area contributed by atoms with Gasteiger partial charge in [0.2, 0.25) is 0 Å². The molecule has 12 heavy (non-hydrogen) atoms. The van der Waals surface area contributed by atoms with Crippen molar-refractivity contribution < 1.29 is 0 Å². The Bertz CT molecular complexity index is 254. The van der Waals surface area contributed by atoms with E-state index in [1.165, 1.54) is 0 Å². The molecule has 1 unspecified atom stereocenters. The molecule has 0 fully saturated rings. The van der Waals surface area contributed by atoms with Gasteiger partial charge >= 0.3 is 0 Å². The van der Waals surface area contributed by atoms with Gasteiger partial charge in [-0.05, 0) is 20.3 Å². The van der Waals surface area contributed by atoms with E-state index in [0.717, 1.165) is 24.6 Å². The monoisotopic (exact) mass is 168 g/mol. The third-order valence-corrected chi connectivity index (χ3v) is 2.05. The van der Waals surface area contributed by atoms with E-state index in [1.54, 1.807) is 0 Å². The van der Waals surface area contributed by atoms with Crippen molar-refractivity contribution in [3.05, 3.63) is 11.6 Å². The number of rotatable bonds is 3. The van der Waals surface area contributed by atoms with Crippen LogP contribution in [-0.4, -0.2) is 14.8 Å². The number of hydrogen-bond acceptors (Lipinski definition) is 3. The molecule has 0 amide bonds. The van der Waals surface area contributed by atoms with Crippen LogP contribution < -0.4 is 5.73 Å². The molecule has 0 aliphatic carbocycles. The SMILES string of the molecule is CCC(N)c1nnc(C)n1CC. The van der Waals surface area contributed by atoms with Crippen molar-refractivity contribution in [1.29, 1.82) is 0 Å². The topological polar surface area (TPSA) is 56.7 Å². The van der Waals surface area contributed by atoms with Crippen molar-refractivity contribution in [2.45, 2.75) is 39.8 Å². The zero-order valence-electron chi connectivity index (χ0n) is 7.91. The molecule has 0 saturated heterocycles. The highest BCUT2D eigenvalue weighted by molar-refractivity contribution is 4.98. The second-order valence-electron chi connectivity index (χ2n) is 2.86. The second-order valence-corrected chi connectivity index (χ2v) is 2.86. The molecule has 0 aliphatic heterocycles. The van der Waals surface area contributed by atoms with Crippen molar-refractivity contribution in [3.8, 4) is 0 Å². The maximum absolute atomic E-state index is 5.86. The van der Waals surface area contributed by atoms with Gasteiger partial charge in [0, 0.05) is 6.54 Å². The predicted octanol–water partition coefficient (Wildman–Crippen LogP) is 1.02. The quantitative estimate of drug-likeness (QED) is 0.733. The fourth-order valence-electron chi connectivity index (χ4n) is 1.25. The molecular formula is C8H16N4. The fourth-order valence-corrected chi connectivity index (χ4v) is 1.25. The minimum absolute atomic E-state index is 0.0196. The van der Waals surface area contributed by atoms with Crippen molar-refractivity contribution in [1.82, 2.24) is 14.8 Å². The van der Waals surface area contributed by atoms with Crippen molar-refractivity contribution in [2.24, 2.45) is 5.73 Å². The van der Waals surface area contributed by atoms with Gasteiger partial charge in [0.1, 0.15) is 11.6 Å². The Hall–Kier alpha value is -0.900. The molecule has 4 heteroatoms. The second kappa shape index (κ2) is 3.67. The van der Waals surface area contributed by atoms with E-state index in [0.29, 0.717) is 0 Å². The summed E-state index contributed by atoms with van der Waals surface area (Å²) in [5.74, 6) is 1.84. The molecule has 68 valence electrons. The van der Waals surface area contributed by atoms with E-state index >= 15 is 0 Å². The van der Waals surface area contributed by atoms with Crippen LogP contribution >= 0.6 is 0 Å². The zero-order chi connectivity index (χ0) is 9.14. The Morgan fingerprint density at radius 1 is 1.42 bits per heavy atom. The maximum Gasteiger partial charge on any atom is 0.149 e. The van der Waals surface area contributed by atoms with Crippen LogP contribution in [0.4, 0.5) is 0 Å². The van der Waals surface area contributed by atoms with Gasteiger partial charge in [-0.1, -0.05) is 6.92 Å². The van der Waals surface area contributed by atoms with Crippen LogP contribution in [-0.2, 0) is 6.54 Å². The lowest BCUT2D eigenvalue weighted by Gasteiger charge is -2.09. The summed E-state index contributed by atoms with van der Waals surface area (Å²) in [6.07, 6.45) is 0.901. The molecule has 4 nitrogen and oxygen atoms in total. The first-order valence-electron chi connectivity index (χ1n) is 4.36. The highest BCUT2D eigenvalue weighted by Crippen LogP contribution is 2.11. The number of nitrogens with zero attached hydrogens (tertiary/aromatic N) is 3. The van der Waals surface area contributed by atoms with Crippen LogP contribution in [0, 0.1) is 6.92 Å². The minimum atomic E-state index is 0.0196. The molecule has 1 atom stereocenters. The molecule has 1 aromatic heterocycles. The smallest absolute Gasteiger partial charge is 0.149 e. The largest absolute Gasteiger partial charge is 0.321 e. The molecule has 1 rings (SSSR count). The molecular weight excluding hydrogens is 152 g/mol. The highest BCUT2D eigenvalue weighted by Gasteiger charge is 2.12. The molecule has 1 aromatic rings. The van der Waals surface area contributed by atoms with Crippen LogP contribution in [0.2, 0.25) is 0 Å². The van der Waals surface area contributed by atoms with Gasteiger partial charge in [0.05, 0.1) is 6.04 Å². The molecule has 0 aliphatic rings. The Morgan fingerprint density at radius 2 is 2.08 bits per heavy atom. The lowest BCUT2D eigenvalue weighted by atomic mass is 10.2. The molecule has 0 radical (unpaired) electrons. The van der Waals surface area contributed by atoms with Crippen LogP contribution in [0.1, 0.15) is 38.0 Å². The number of aromatic nitrogens is 3. The maximum atomic E-state index is 5.86. The fraction of sp³-hybridized carbons (Fsp3) is 0.750. The van der Waals surface area contributed by atoms with Gasteiger partial charge in [-0.15, -0.1) is 10.2 Å². The van der Waals surface area contributed by atoms with E-state index in [-0.39, 0.29) is 6.04 Å². The first kappa shape index (κ1) is 9.19. The Kier molecular flexibility index (Phi) is 2.81. The third-order valence-electron chi connectivity index (χ3n) is 2.05. The summed E-state index contributed by atoms with van der Waals surface area (Å²) in [7, 11) is 0. The van der Waals surface area contributed by atoms with E-state index in [1.807, 2.05) is 11.5 Å². The predicted molar refractivity (Wildman–Crippen MR) is 47.7 cm³/mol. The normalized spacial score (nSPS) is 13.3. The average molecular weight is 168 g/mol. The summed E-state index contributed by atoms with van der Waals surface area (Å²) in [4.78, 5) is 0. The van der Waals surface area contributed by atoms with Gasteiger partial charge < -0.3 is 10.3 Å². The minimum Gasteiger partial charge on any atom is -0.321 e. The van der Waals surface area contributed by atoms with Gasteiger partial charge in [-0.2, -0.15) is 0 Å². The first-order valence-corrected chi connectivity index (χ1v) is 4.36. The Balaban J connectivity index is 2.98. The zero-order valence-corrected chi connectivity index (χ0v) is 7.91. The van der Waals surface area contributed by atoms with Crippen LogP contribution in [0.3, 0.4) is 0 Å². The Morgan fingerprint density at radius 3 is 2.58 bits per heavy atom. The van der Waals surface area contributed by atoms with E-state index < -0.39 is 0 Å². The summed E-state index contributed by atoms with van der Waals surface area (Å²) in [5.41, 5.74) is 5.86.